The molecule has 0 aliphatic carbocycles. The Morgan fingerprint density at radius 2 is 1.44 bits per heavy atom. The fraction of sp³-hybridized carbons (Fsp3) is 1.00. The Balaban J connectivity index is 0.000000184. The summed E-state index contributed by atoms with van der Waals surface area (Å²) in [5.74, 6) is 0.974. The first kappa shape index (κ1) is 29.9. The fourth-order valence-corrected chi connectivity index (χ4v) is 5.71. The van der Waals surface area contributed by atoms with Crippen LogP contribution in [0.5, 0.6) is 0 Å². The molecule has 34 heavy (non-hydrogen) atoms. The molecule has 0 aromatic rings. The second-order valence-electron chi connectivity index (χ2n) is 11.7. The molecule has 5 rings (SSSR count). The van der Waals surface area contributed by atoms with E-state index in [0.717, 1.165) is 31.0 Å². The molecule has 1 spiro atoms. The van der Waals surface area contributed by atoms with Gasteiger partial charge in [0.2, 0.25) is 0 Å². The van der Waals surface area contributed by atoms with Gasteiger partial charge in [0.15, 0.2) is 0 Å². The molecule has 0 atom stereocenters. The summed E-state index contributed by atoms with van der Waals surface area (Å²) in [5.41, 5.74) is 6.58. The molecule has 8 heteroatoms. The van der Waals surface area contributed by atoms with Gasteiger partial charge in [0.05, 0.1) is 0 Å². The molecule has 0 radical (unpaired) electrons. The second-order valence-corrected chi connectivity index (χ2v) is 11.7. The van der Waals surface area contributed by atoms with E-state index >= 15 is 0 Å². The number of nitrogens with two attached hydrogens (primary N) is 1. The van der Waals surface area contributed by atoms with Gasteiger partial charge in [0, 0.05) is 89.4 Å². The van der Waals surface area contributed by atoms with Crippen LogP contribution >= 0.6 is 0 Å². The standard InChI is InChI=1S/C12H23N3.C7H16N2.C5H12N2.C2H7N/c1-14-7-12(8-14)9-15(10-12)6-11-2-4-13-5-3-11;1-2-5-9-6-3-8-4-7-9;1-5(2-6)3-7-4-5;1-3-2/h11,13H,2-10H2,1H3;8H,2-7H2,1H3;7H,2-4,6H2,1H3;3H,1-2H3. The third-order valence-electron chi connectivity index (χ3n) is 7.65. The lowest BCUT2D eigenvalue weighted by molar-refractivity contribution is -0.109. The first-order chi connectivity index (χ1) is 16.4. The highest BCUT2D eigenvalue weighted by atomic mass is 15.3. The van der Waals surface area contributed by atoms with Gasteiger partial charge in [-0.2, -0.15) is 0 Å². The maximum atomic E-state index is 5.43. The number of nitrogens with zero attached hydrogens (tertiary/aromatic N) is 3. The third kappa shape index (κ3) is 10.3. The lowest BCUT2D eigenvalue weighted by atomic mass is 9.72. The van der Waals surface area contributed by atoms with Crippen molar-refractivity contribution in [3.8, 4) is 0 Å². The number of nitrogens with one attached hydrogen (secondary N) is 4. The maximum absolute atomic E-state index is 5.43. The van der Waals surface area contributed by atoms with Gasteiger partial charge in [-0.05, 0) is 66.0 Å². The van der Waals surface area contributed by atoms with E-state index in [1.165, 1.54) is 97.8 Å². The minimum absolute atomic E-state index is 0.431. The summed E-state index contributed by atoms with van der Waals surface area (Å²) >= 11 is 0. The van der Waals surface area contributed by atoms with Crippen LogP contribution in [0.15, 0.2) is 0 Å². The van der Waals surface area contributed by atoms with Crippen molar-refractivity contribution in [2.75, 3.05) is 119 Å². The Kier molecular flexibility index (Phi) is 13.8. The van der Waals surface area contributed by atoms with Crippen LogP contribution in [0.4, 0.5) is 0 Å². The molecule has 0 aromatic carbocycles. The summed E-state index contributed by atoms with van der Waals surface area (Å²) in [6, 6.07) is 0. The monoisotopic (exact) mass is 482 g/mol. The van der Waals surface area contributed by atoms with E-state index < -0.39 is 0 Å². The van der Waals surface area contributed by atoms with Crippen molar-refractivity contribution < 1.29 is 0 Å². The molecule has 6 N–H and O–H groups in total. The highest BCUT2D eigenvalue weighted by Gasteiger charge is 2.50. The number of hydrogen-bond donors (Lipinski definition) is 5. The van der Waals surface area contributed by atoms with Crippen LogP contribution in [-0.4, -0.2) is 134 Å². The zero-order valence-corrected chi connectivity index (χ0v) is 23.2. The van der Waals surface area contributed by atoms with Gasteiger partial charge in [0.25, 0.3) is 0 Å². The molecule has 0 bridgehead atoms. The topological polar surface area (TPSA) is 83.9 Å². The molecule has 0 aromatic heterocycles. The normalized spacial score (nSPS) is 26.3. The van der Waals surface area contributed by atoms with E-state index in [4.69, 9.17) is 5.73 Å². The third-order valence-corrected chi connectivity index (χ3v) is 7.65. The summed E-state index contributed by atoms with van der Waals surface area (Å²) in [4.78, 5) is 7.64. The van der Waals surface area contributed by atoms with Gasteiger partial charge in [-0.3, -0.25) is 0 Å². The Morgan fingerprint density at radius 1 is 0.882 bits per heavy atom. The minimum Gasteiger partial charge on any atom is -0.330 e. The quantitative estimate of drug-likeness (QED) is 0.372. The van der Waals surface area contributed by atoms with E-state index in [-0.39, 0.29) is 0 Å². The number of likely N-dealkylation sites (tertiary alicyclic amines) is 2. The first-order valence-electron chi connectivity index (χ1n) is 13.9. The van der Waals surface area contributed by atoms with E-state index in [0.29, 0.717) is 5.41 Å². The largest absolute Gasteiger partial charge is 0.330 e. The molecule has 5 fully saturated rings. The van der Waals surface area contributed by atoms with Crippen molar-refractivity contribution in [1.29, 1.82) is 0 Å². The lowest BCUT2D eigenvalue weighted by Gasteiger charge is -2.60. The van der Waals surface area contributed by atoms with E-state index in [9.17, 15) is 0 Å². The van der Waals surface area contributed by atoms with Crippen molar-refractivity contribution in [3.63, 3.8) is 0 Å². The molecule has 8 nitrogen and oxygen atoms in total. The Morgan fingerprint density at radius 3 is 1.85 bits per heavy atom. The van der Waals surface area contributed by atoms with Gasteiger partial charge in [-0.25, -0.2) is 0 Å². The summed E-state index contributed by atoms with van der Waals surface area (Å²) < 4.78 is 0. The maximum Gasteiger partial charge on any atom is 0.0212 e. The van der Waals surface area contributed by atoms with Crippen LogP contribution in [0.3, 0.4) is 0 Å². The molecule has 0 amide bonds. The van der Waals surface area contributed by atoms with Gasteiger partial charge in [-0.1, -0.05) is 13.8 Å². The predicted octanol–water partition coefficient (Wildman–Crippen LogP) is -0.0748. The van der Waals surface area contributed by atoms with Gasteiger partial charge in [0.1, 0.15) is 0 Å². The molecular formula is C26H58N8. The highest BCUT2D eigenvalue weighted by Crippen LogP contribution is 2.39. The van der Waals surface area contributed by atoms with Crippen molar-refractivity contribution in [2.45, 2.75) is 33.1 Å². The van der Waals surface area contributed by atoms with E-state index in [1.807, 2.05) is 14.1 Å². The van der Waals surface area contributed by atoms with E-state index in [1.54, 1.807) is 0 Å². The summed E-state index contributed by atoms with van der Waals surface area (Å²) in [6.45, 7) is 22.9. The smallest absolute Gasteiger partial charge is 0.0212 e. The molecule has 202 valence electrons. The van der Waals surface area contributed by atoms with Crippen molar-refractivity contribution in [1.82, 2.24) is 36.0 Å². The van der Waals surface area contributed by atoms with Crippen LogP contribution in [0.25, 0.3) is 0 Å². The first-order valence-corrected chi connectivity index (χ1v) is 13.9. The van der Waals surface area contributed by atoms with Crippen molar-refractivity contribution in [2.24, 2.45) is 22.5 Å². The van der Waals surface area contributed by atoms with Crippen LogP contribution in [0.1, 0.15) is 33.1 Å². The molecule has 5 saturated heterocycles. The second kappa shape index (κ2) is 15.7. The molecule has 5 aliphatic rings. The Labute approximate surface area is 211 Å². The van der Waals surface area contributed by atoms with Crippen LogP contribution in [-0.2, 0) is 0 Å². The number of piperidine rings is 1. The lowest BCUT2D eigenvalue weighted by Crippen LogP contribution is -2.71. The zero-order valence-electron chi connectivity index (χ0n) is 23.2. The Hall–Kier alpha value is -0.320. The van der Waals surface area contributed by atoms with Crippen LogP contribution in [0.2, 0.25) is 0 Å². The van der Waals surface area contributed by atoms with Gasteiger partial charge >= 0.3 is 0 Å². The molecular weight excluding hydrogens is 424 g/mol. The van der Waals surface area contributed by atoms with Crippen molar-refractivity contribution >= 4 is 0 Å². The van der Waals surface area contributed by atoms with E-state index in [2.05, 4.69) is 56.9 Å². The predicted molar refractivity (Wildman–Crippen MR) is 147 cm³/mol. The zero-order chi connectivity index (χ0) is 24.9. The average molecular weight is 483 g/mol. The molecule has 5 aliphatic heterocycles. The van der Waals surface area contributed by atoms with Crippen LogP contribution in [0, 0.1) is 16.7 Å². The molecule has 5 heterocycles. The molecule has 0 saturated carbocycles. The van der Waals surface area contributed by atoms with Gasteiger partial charge < -0.3 is 41.7 Å². The fourth-order valence-electron chi connectivity index (χ4n) is 5.71. The minimum atomic E-state index is 0.431. The summed E-state index contributed by atoms with van der Waals surface area (Å²) in [5, 5.41) is 12.7. The summed E-state index contributed by atoms with van der Waals surface area (Å²) in [6.07, 6.45) is 4.08. The molecule has 0 unspecified atom stereocenters. The van der Waals surface area contributed by atoms with Gasteiger partial charge in [-0.15, -0.1) is 0 Å². The Bertz CT molecular complexity index is 493. The average Bonchev–Trinajstić information content (AvgIpc) is 2.78. The van der Waals surface area contributed by atoms with Crippen molar-refractivity contribution in [3.05, 3.63) is 0 Å². The summed E-state index contributed by atoms with van der Waals surface area (Å²) in [7, 11) is 5.99. The number of hydrogen-bond acceptors (Lipinski definition) is 8. The number of piperazine rings is 1. The SMILES string of the molecule is CC1(CN)CNC1.CCCN1CCNCC1.CN1CC2(C1)CN(CC1CCNCC1)C2.CNC. The van der Waals surface area contributed by atoms with Crippen LogP contribution < -0.4 is 27.0 Å². The highest BCUT2D eigenvalue weighted by molar-refractivity contribution is 5.04. The number of rotatable bonds is 5.